The van der Waals surface area contributed by atoms with Gasteiger partial charge in [0.1, 0.15) is 0 Å². The van der Waals surface area contributed by atoms with Crippen LogP contribution in [0.4, 0.5) is 0 Å². The Morgan fingerprint density at radius 3 is 2.46 bits per heavy atom. The van der Waals surface area contributed by atoms with Gasteiger partial charge in [-0.2, -0.15) is 0 Å². The Kier molecular flexibility index (Phi) is 3.72. The Bertz CT molecular complexity index is 322. The van der Waals surface area contributed by atoms with E-state index in [2.05, 4.69) is 25.3 Å². The lowest BCUT2D eigenvalue weighted by molar-refractivity contribution is 0.577. The maximum Gasteiger partial charge on any atom is 0.182 e. The molecule has 0 fully saturated rings. The van der Waals surface area contributed by atoms with E-state index in [0.29, 0.717) is 4.80 Å². The van der Waals surface area contributed by atoms with Crippen molar-refractivity contribution in [2.24, 2.45) is 0 Å². The fraction of sp³-hybridized carbons (Fsp3) is 0.700. The summed E-state index contributed by atoms with van der Waals surface area (Å²) in [5, 5.41) is 7.75. The van der Waals surface area contributed by atoms with Crippen molar-refractivity contribution in [1.82, 2.24) is 4.57 Å². The average molecular weight is 198 g/mol. The van der Waals surface area contributed by atoms with Crippen LogP contribution in [0.25, 0.3) is 0 Å². The lowest BCUT2D eigenvalue weighted by Gasteiger charge is -2.04. The summed E-state index contributed by atoms with van der Waals surface area (Å²) >= 11 is 1.58. The molecule has 0 saturated heterocycles. The highest BCUT2D eigenvalue weighted by Gasteiger charge is 2.03. The number of hydrogen-bond acceptors (Lipinski definition) is 2. The third-order valence-corrected chi connectivity index (χ3v) is 3.41. The molecule has 0 amide bonds. The molecule has 0 aromatic carbocycles. The zero-order valence-electron chi connectivity index (χ0n) is 8.68. The summed E-state index contributed by atoms with van der Waals surface area (Å²) in [7, 11) is 0. The van der Waals surface area contributed by atoms with E-state index in [1.165, 1.54) is 29.8 Å². The number of rotatable bonds is 4. The Labute approximate surface area is 83.7 Å². The van der Waals surface area contributed by atoms with Crippen LogP contribution in [0, 0.1) is 19.3 Å². The maximum absolute atomic E-state index is 7.75. The summed E-state index contributed by atoms with van der Waals surface area (Å²) in [5.41, 5.74) is 1.27. The minimum Gasteiger partial charge on any atom is -0.321 e. The third-order valence-electron chi connectivity index (χ3n) is 2.39. The minimum absolute atomic E-state index is 0.700. The van der Waals surface area contributed by atoms with Gasteiger partial charge in [-0.15, -0.1) is 11.3 Å². The fourth-order valence-electron chi connectivity index (χ4n) is 1.41. The predicted molar refractivity (Wildman–Crippen MR) is 57.2 cm³/mol. The molecule has 0 unspecified atom stereocenters. The van der Waals surface area contributed by atoms with Gasteiger partial charge >= 0.3 is 0 Å². The molecule has 0 aliphatic rings. The molecule has 2 nitrogen and oxygen atoms in total. The second kappa shape index (κ2) is 4.61. The van der Waals surface area contributed by atoms with Crippen molar-refractivity contribution in [3.05, 3.63) is 15.4 Å². The van der Waals surface area contributed by atoms with Crippen molar-refractivity contribution < 1.29 is 0 Å². The molecule has 74 valence electrons. The topological polar surface area (TPSA) is 28.8 Å². The van der Waals surface area contributed by atoms with Gasteiger partial charge in [0.25, 0.3) is 0 Å². The first-order chi connectivity index (χ1) is 6.16. The summed E-state index contributed by atoms with van der Waals surface area (Å²) < 4.78 is 2.12. The number of unbranched alkanes of at least 4 members (excludes halogenated alkanes) is 2. The Balaban J connectivity index is 2.70. The lowest BCUT2D eigenvalue weighted by Crippen LogP contribution is -2.14. The highest BCUT2D eigenvalue weighted by Crippen LogP contribution is 2.10. The van der Waals surface area contributed by atoms with Gasteiger partial charge in [-0.25, -0.2) is 0 Å². The fourth-order valence-corrected chi connectivity index (χ4v) is 2.29. The van der Waals surface area contributed by atoms with Crippen LogP contribution in [0.1, 0.15) is 36.8 Å². The predicted octanol–water partition coefficient (Wildman–Crippen LogP) is 2.84. The summed E-state index contributed by atoms with van der Waals surface area (Å²) in [6.07, 6.45) is 3.71. The van der Waals surface area contributed by atoms with Crippen LogP contribution in [0.2, 0.25) is 0 Å². The molecule has 1 rings (SSSR count). The molecule has 13 heavy (non-hydrogen) atoms. The second-order valence-electron chi connectivity index (χ2n) is 3.41. The molecular formula is C10H18N2S. The number of aromatic nitrogens is 1. The molecule has 1 heterocycles. The smallest absolute Gasteiger partial charge is 0.182 e. The van der Waals surface area contributed by atoms with Crippen LogP contribution >= 0.6 is 11.3 Å². The van der Waals surface area contributed by atoms with E-state index in [4.69, 9.17) is 5.41 Å². The molecule has 0 atom stereocenters. The van der Waals surface area contributed by atoms with Gasteiger partial charge in [0.2, 0.25) is 0 Å². The molecule has 3 heteroatoms. The van der Waals surface area contributed by atoms with Crippen molar-refractivity contribution in [2.45, 2.75) is 46.6 Å². The normalized spacial score (nSPS) is 10.7. The molecule has 1 N–H and O–H groups in total. The van der Waals surface area contributed by atoms with Crippen LogP contribution in [-0.4, -0.2) is 4.57 Å². The van der Waals surface area contributed by atoms with Crippen LogP contribution < -0.4 is 4.80 Å². The zero-order chi connectivity index (χ0) is 9.84. The summed E-state index contributed by atoms with van der Waals surface area (Å²) in [5.74, 6) is 0. The van der Waals surface area contributed by atoms with Gasteiger partial charge in [-0.1, -0.05) is 19.8 Å². The van der Waals surface area contributed by atoms with E-state index in [0.717, 1.165) is 6.54 Å². The number of nitrogens with zero attached hydrogens (tertiary/aromatic N) is 1. The molecule has 1 aromatic heterocycles. The SMILES string of the molecule is CCCCCn1c(C)c(C)sc1=N. The van der Waals surface area contributed by atoms with E-state index in [-0.39, 0.29) is 0 Å². The Morgan fingerprint density at radius 2 is 2.00 bits per heavy atom. The van der Waals surface area contributed by atoms with E-state index in [1.54, 1.807) is 11.3 Å². The maximum atomic E-state index is 7.75. The second-order valence-corrected chi connectivity index (χ2v) is 4.61. The zero-order valence-corrected chi connectivity index (χ0v) is 9.50. The molecule has 0 spiro atoms. The van der Waals surface area contributed by atoms with E-state index in [9.17, 15) is 0 Å². The number of nitrogens with one attached hydrogen (secondary N) is 1. The number of thiazole rings is 1. The van der Waals surface area contributed by atoms with E-state index in [1.807, 2.05) is 0 Å². The van der Waals surface area contributed by atoms with E-state index < -0.39 is 0 Å². The molecule has 0 aliphatic carbocycles. The van der Waals surface area contributed by atoms with Gasteiger partial charge in [-0.05, 0) is 20.3 Å². The minimum atomic E-state index is 0.700. The molecule has 0 aliphatic heterocycles. The van der Waals surface area contributed by atoms with Gasteiger partial charge in [0, 0.05) is 17.1 Å². The molecule has 0 bridgehead atoms. The van der Waals surface area contributed by atoms with Crippen molar-refractivity contribution in [1.29, 1.82) is 5.41 Å². The first kappa shape index (κ1) is 10.5. The summed E-state index contributed by atoms with van der Waals surface area (Å²) in [4.78, 5) is 1.98. The van der Waals surface area contributed by atoms with Crippen molar-refractivity contribution in [2.75, 3.05) is 0 Å². The summed E-state index contributed by atoms with van der Waals surface area (Å²) in [6, 6.07) is 0. The molecule has 0 saturated carbocycles. The van der Waals surface area contributed by atoms with Gasteiger partial charge in [0.15, 0.2) is 4.80 Å². The van der Waals surface area contributed by atoms with Crippen molar-refractivity contribution in [3.8, 4) is 0 Å². The van der Waals surface area contributed by atoms with Gasteiger partial charge < -0.3 is 4.57 Å². The first-order valence-corrected chi connectivity index (χ1v) is 5.70. The molecule has 0 radical (unpaired) electrons. The largest absolute Gasteiger partial charge is 0.321 e. The van der Waals surface area contributed by atoms with Gasteiger partial charge in [0.05, 0.1) is 0 Å². The van der Waals surface area contributed by atoms with Crippen LogP contribution in [0.3, 0.4) is 0 Å². The quantitative estimate of drug-likeness (QED) is 0.721. The lowest BCUT2D eigenvalue weighted by atomic mass is 10.2. The average Bonchev–Trinajstić information content (AvgIpc) is 2.32. The summed E-state index contributed by atoms with van der Waals surface area (Å²) in [6.45, 7) is 7.42. The third kappa shape index (κ3) is 2.44. The van der Waals surface area contributed by atoms with Crippen LogP contribution in [0.5, 0.6) is 0 Å². The van der Waals surface area contributed by atoms with Crippen LogP contribution in [0.15, 0.2) is 0 Å². The Morgan fingerprint density at radius 1 is 1.31 bits per heavy atom. The van der Waals surface area contributed by atoms with Gasteiger partial charge in [-0.3, -0.25) is 5.41 Å². The van der Waals surface area contributed by atoms with Crippen LogP contribution in [-0.2, 0) is 6.54 Å². The van der Waals surface area contributed by atoms with Crippen molar-refractivity contribution >= 4 is 11.3 Å². The molecular weight excluding hydrogens is 180 g/mol. The monoisotopic (exact) mass is 198 g/mol. The van der Waals surface area contributed by atoms with Crippen molar-refractivity contribution in [3.63, 3.8) is 0 Å². The molecule has 1 aromatic rings. The number of hydrogen-bond donors (Lipinski definition) is 1. The standard InChI is InChI=1S/C10H18N2S/c1-4-5-6-7-12-8(2)9(3)13-10(12)11/h11H,4-7H2,1-3H3. The highest BCUT2D eigenvalue weighted by molar-refractivity contribution is 7.09. The van der Waals surface area contributed by atoms with E-state index >= 15 is 0 Å². The number of aryl methyl sites for hydroxylation is 1. The Hall–Kier alpha value is -0.570. The first-order valence-electron chi connectivity index (χ1n) is 4.88. The highest BCUT2D eigenvalue weighted by atomic mass is 32.1.